The van der Waals surface area contributed by atoms with Gasteiger partial charge in [0.1, 0.15) is 41.4 Å². The lowest BCUT2D eigenvalue weighted by Crippen LogP contribution is -2.78. The van der Waals surface area contributed by atoms with Crippen LogP contribution in [0.25, 0.3) is 0 Å². The number of aliphatic hydroxyl groups excluding tert-OH is 3. The van der Waals surface area contributed by atoms with Crippen molar-refractivity contribution in [1.29, 1.82) is 0 Å². The first kappa shape index (κ1) is 52.1. The molecule has 18 heteroatoms. The van der Waals surface area contributed by atoms with Crippen LogP contribution < -0.4 is 0 Å². The summed E-state index contributed by atoms with van der Waals surface area (Å²) in [6.07, 6.45) is -4.83. The SMILES string of the molecule is CO[C@H]1C[C@H](O[C@H]2CC[C@@]3(C)C(=CC[C@]4(O)[C@@H]3C[C@@H](O)[C@]3(C)[C@@H](C(C)=O)C[C@@H](O)[C@@]34O)C2)O[C@H](C)[C@H]1O[C@H]1C[C@H](OC)[C@H](O[C@H]2C[C@@H](OC)[C@H](O[C@H]3C[C@@H](OC)[C@H](O)[C@@H](C)O3)[C@@H](C)O2)[C@@H](C)O1. The van der Waals surface area contributed by atoms with Gasteiger partial charge in [-0.1, -0.05) is 25.5 Å². The van der Waals surface area contributed by atoms with Gasteiger partial charge >= 0.3 is 0 Å². The summed E-state index contributed by atoms with van der Waals surface area (Å²) in [6, 6.07) is 0. The molecule has 4 aliphatic heterocycles. The quantitative estimate of drug-likeness (QED) is 0.167. The lowest BCUT2D eigenvalue weighted by atomic mass is 9.42. The van der Waals surface area contributed by atoms with E-state index in [1.165, 1.54) is 6.92 Å². The van der Waals surface area contributed by atoms with Gasteiger partial charge in [0.2, 0.25) is 0 Å². The zero-order valence-corrected chi connectivity index (χ0v) is 41.3. The number of ketones is 1. The molecule has 0 aromatic carbocycles. The molecule has 4 saturated heterocycles. The van der Waals surface area contributed by atoms with Crippen LogP contribution >= 0.6 is 0 Å². The van der Waals surface area contributed by atoms with Gasteiger partial charge in [0.15, 0.2) is 25.2 Å². The third-order valence-corrected chi connectivity index (χ3v) is 18.0. The van der Waals surface area contributed by atoms with Crippen LogP contribution in [-0.4, -0.2) is 188 Å². The zero-order chi connectivity index (χ0) is 48.5. The first-order valence-corrected chi connectivity index (χ1v) is 24.7. The Kier molecular flexibility index (Phi) is 15.5. The fourth-order valence-electron chi connectivity index (χ4n) is 14.0. The van der Waals surface area contributed by atoms with E-state index in [2.05, 4.69) is 6.92 Å². The van der Waals surface area contributed by atoms with Crippen molar-refractivity contribution in [2.75, 3.05) is 28.4 Å². The van der Waals surface area contributed by atoms with Crippen molar-refractivity contribution in [2.24, 2.45) is 22.7 Å². The average molecular weight is 957 g/mol. The highest BCUT2D eigenvalue weighted by molar-refractivity contribution is 5.80. The maximum absolute atomic E-state index is 12.8. The summed E-state index contributed by atoms with van der Waals surface area (Å²) >= 11 is 0. The molecule has 0 spiro atoms. The van der Waals surface area contributed by atoms with E-state index in [9.17, 15) is 30.3 Å². The molecule has 8 rings (SSSR count). The first-order chi connectivity index (χ1) is 31.7. The molecule has 5 N–H and O–H groups in total. The van der Waals surface area contributed by atoms with Crippen LogP contribution in [0, 0.1) is 22.7 Å². The molecule has 4 aliphatic carbocycles. The van der Waals surface area contributed by atoms with Crippen molar-refractivity contribution in [3.05, 3.63) is 11.6 Å². The van der Waals surface area contributed by atoms with Crippen molar-refractivity contribution < 1.29 is 87.2 Å². The predicted molar refractivity (Wildman–Crippen MR) is 236 cm³/mol. The summed E-state index contributed by atoms with van der Waals surface area (Å²) in [4.78, 5) is 12.8. The Labute approximate surface area is 395 Å². The van der Waals surface area contributed by atoms with Crippen molar-refractivity contribution in [2.45, 2.75) is 241 Å². The number of methoxy groups -OCH3 is 4. The van der Waals surface area contributed by atoms with Gasteiger partial charge in [0.05, 0.1) is 67.1 Å². The molecule has 384 valence electrons. The number of ether oxygens (including phenoxy) is 12. The number of rotatable bonds is 13. The fraction of sp³-hybridized carbons (Fsp3) is 0.939. The van der Waals surface area contributed by atoms with E-state index < -0.39 is 126 Å². The van der Waals surface area contributed by atoms with E-state index in [1.54, 1.807) is 42.3 Å². The standard InChI is InChI=1S/C49H80O18/c1-23(50)30-17-37(52)49(55)47(30,7)36(51)22-35-46(6)14-13-29(16-28(46)12-15-48(35,49)54)64-38-19-32(57-9)43(25(3)61-38)66-40-21-34(59-11)45(27(5)63-40)67-41-20-33(58-10)44(26(4)62-41)65-39-18-31(56-8)42(53)24(2)60-39/h12,24-27,29-45,51-55H,13-22H2,1-11H3/t24-,25-,26-,27-,29+,30-,31-,32+,33-,34+,35-,36-,37-,38+,39+,40+,41+,42-,43-,44-,45-,46+,47+,48+,49-/m1/s1. The number of Topliss-reactive ketones (excluding diaryl/α,β-unsaturated/α-hetero) is 1. The molecule has 0 bridgehead atoms. The van der Waals surface area contributed by atoms with E-state index in [1.807, 2.05) is 26.8 Å². The van der Waals surface area contributed by atoms with Crippen molar-refractivity contribution in [1.82, 2.24) is 0 Å². The lowest BCUT2D eigenvalue weighted by Gasteiger charge is -2.66. The molecule has 0 aromatic rings. The summed E-state index contributed by atoms with van der Waals surface area (Å²) in [6.45, 7) is 12.7. The monoisotopic (exact) mass is 957 g/mol. The third kappa shape index (κ3) is 8.95. The maximum atomic E-state index is 12.8. The summed E-state index contributed by atoms with van der Waals surface area (Å²) < 4.78 is 75.0. The second-order valence-electron chi connectivity index (χ2n) is 21.5. The van der Waals surface area contributed by atoms with Gasteiger partial charge in [0.25, 0.3) is 0 Å². The summed E-state index contributed by atoms with van der Waals surface area (Å²) in [5.41, 5.74) is -4.69. The molecule has 0 aromatic heterocycles. The average Bonchev–Trinajstić information content (AvgIpc) is 3.51. The van der Waals surface area contributed by atoms with Crippen LogP contribution in [0.4, 0.5) is 0 Å². The number of fused-ring (bicyclic) bond motifs is 5. The zero-order valence-electron chi connectivity index (χ0n) is 41.3. The van der Waals surface area contributed by atoms with Gasteiger partial charge in [-0.3, -0.25) is 4.79 Å². The maximum Gasteiger partial charge on any atom is 0.161 e. The van der Waals surface area contributed by atoms with Gasteiger partial charge in [-0.15, -0.1) is 0 Å². The van der Waals surface area contributed by atoms with Crippen LogP contribution in [0.3, 0.4) is 0 Å². The second kappa shape index (κ2) is 20.0. The summed E-state index contributed by atoms with van der Waals surface area (Å²) in [5.74, 6) is -1.53. The van der Waals surface area contributed by atoms with Gasteiger partial charge in [-0.25, -0.2) is 0 Å². The molecule has 67 heavy (non-hydrogen) atoms. The van der Waals surface area contributed by atoms with Gasteiger partial charge in [0, 0.05) is 71.4 Å². The molecule has 25 atom stereocenters. The Morgan fingerprint density at radius 2 is 1.07 bits per heavy atom. The molecule has 0 radical (unpaired) electrons. The third-order valence-electron chi connectivity index (χ3n) is 18.0. The number of carbonyl (C=O) groups is 1. The molecule has 0 unspecified atom stereocenters. The smallest absolute Gasteiger partial charge is 0.161 e. The molecule has 3 saturated carbocycles. The summed E-state index contributed by atoms with van der Waals surface area (Å²) in [5, 5.41) is 58.5. The minimum atomic E-state index is -2.07. The lowest BCUT2D eigenvalue weighted by molar-refractivity contribution is -0.347. The highest BCUT2D eigenvalue weighted by atomic mass is 16.8. The Morgan fingerprint density at radius 1 is 0.627 bits per heavy atom. The van der Waals surface area contributed by atoms with E-state index >= 15 is 0 Å². The molecule has 18 nitrogen and oxygen atoms in total. The number of hydrogen-bond donors (Lipinski definition) is 5. The number of hydrogen-bond acceptors (Lipinski definition) is 18. The van der Waals surface area contributed by atoms with Gasteiger partial charge in [-0.2, -0.15) is 0 Å². The Bertz CT molecular complexity index is 1750. The Morgan fingerprint density at radius 3 is 1.54 bits per heavy atom. The van der Waals surface area contributed by atoms with Crippen LogP contribution in [-0.2, 0) is 61.6 Å². The highest BCUT2D eigenvalue weighted by Crippen LogP contribution is 2.69. The van der Waals surface area contributed by atoms with Crippen LogP contribution in [0.2, 0.25) is 0 Å². The molecule has 4 heterocycles. The molecule has 8 aliphatic rings. The normalized spacial score (nSPS) is 53.6. The highest BCUT2D eigenvalue weighted by Gasteiger charge is 2.79. The Balaban J connectivity index is 0.849. The van der Waals surface area contributed by atoms with Crippen molar-refractivity contribution >= 4 is 5.78 Å². The number of aliphatic hydroxyl groups is 5. The van der Waals surface area contributed by atoms with E-state index in [4.69, 9.17) is 56.8 Å². The number of carbonyl (C=O) groups excluding carboxylic acids is 1. The largest absolute Gasteiger partial charge is 0.392 e. The molecular formula is C49H80O18. The van der Waals surface area contributed by atoms with Crippen LogP contribution in [0.15, 0.2) is 11.6 Å². The Hall–Kier alpha value is -1.27. The van der Waals surface area contributed by atoms with Crippen LogP contribution in [0.1, 0.15) is 113 Å². The summed E-state index contributed by atoms with van der Waals surface area (Å²) in [7, 11) is 6.49. The molecular weight excluding hydrogens is 877 g/mol. The minimum Gasteiger partial charge on any atom is -0.392 e. The first-order valence-electron chi connectivity index (χ1n) is 24.7. The van der Waals surface area contributed by atoms with Crippen molar-refractivity contribution in [3.63, 3.8) is 0 Å². The second-order valence-corrected chi connectivity index (χ2v) is 21.5. The van der Waals surface area contributed by atoms with E-state index in [-0.39, 0.29) is 49.5 Å². The topological polar surface area (TPSA) is 229 Å². The fourth-order valence-corrected chi connectivity index (χ4v) is 14.0. The predicted octanol–water partition coefficient (Wildman–Crippen LogP) is 2.83. The minimum absolute atomic E-state index is 0.00600. The van der Waals surface area contributed by atoms with E-state index in [0.717, 1.165) is 5.57 Å². The van der Waals surface area contributed by atoms with E-state index in [0.29, 0.717) is 44.9 Å². The molecule has 7 fully saturated rings. The van der Waals surface area contributed by atoms with Crippen molar-refractivity contribution in [3.8, 4) is 0 Å². The van der Waals surface area contributed by atoms with Gasteiger partial charge < -0.3 is 82.4 Å². The van der Waals surface area contributed by atoms with Crippen LogP contribution in [0.5, 0.6) is 0 Å². The molecule has 0 amide bonds. The van der Waals surface area contributed by atoms with Gasteiger partial charge in [-0.05, 0) is 78.6 Å².